The maximum Gasteiger partial charge on any atom is 0.315 e. The van der Waals surface area contributed by atoms with E-state index in [1.165, 1.54) is 0 Å². The predicted octanol–water partition coefficient (Wildman–Crippen LogP) is 1.82. The molecule has 0 aliphatic carbocycles. The molecular formula is C11H17N3O3. The SMILES string of the molecule is CNc1cccc(NC(C)(C)CO)c1[N+](=O)[O-]. The first-order valence-electron chi connectivity index (χ1n) is 5.25. The monoisotopic (exact) mass is 239 g/mol. The quantitative estimate of drug-likeness (QED) is 0.539. The van der Waals surface area contributed by atoms with E-state index in [0.717, 1.165) is 0 Å². The zero-order chi connectivity index (χ0) is 13.1. The van der Waals surface area contributed by atoms with Crippen molar-refractivity contribution >= 4 is 17.1 Å². The number of nitro benzene ring substituents is 1. The second kappa shape index (κ2) is 5.01. The second-order valence-electron chi connectivity index (χ2n) is 4.38. The molecule has 0 radical (unpaired) electrons. The first-order chi connectivity index (χ1) is 7.91. The molecule has 0 amide bonds. The van der Waals surface area contributed by atoms with E-state index in [-0.39, 0.29) is 12.3 Å². The second-order valence-corrected chi connectivity index (χ2v) is 4.38. The van der Waals surface area contributed by atoms with Crippen molar-refractivity contribution in [3.63, 3.8) is 0 Å². The minimum absolute atomic E-state index is 0.0171. The summed E-state index contributed by atoms with van der Waals surface area (Å²) in [7, 11) is 1.63. The van der Waals surface area contributed by atoms with Crippen molar-refractivity contribution in [3.05, 3.63) is 28.3 Å². The number of rotatable bonds is 5. The highest BCUT2D eigenvalue weighted by atomic mass is 16.6. The summed E-state index contributed by atoms with van der Waals surface area (Å²) in [6.45, 7) is 3.42. The van der Waals surface area contributed by atoms with Crippen LogP contribution in [0.1, 0.15) is 13.8 Å². The molecule has 0 spiro atoms. The number of para-hydroxylation sites is 1. The molecule has 0 atom stereocenters. The van der Waals surface area contributed by atoms with Crippen LogP contribution in [0.3, 0.4) is 0 Å². The van der Waals surface area contributed by atoms with E-state index in [9.17, 15) is 10.1 Å². The maximum atomic E-state index is 11.0. The van der Waals surface area contributed by atoms with Gasteiger partial charge in [-0.3, -0.25) is 10.1 Å². The zero-order valence-electron chi connectivity index (χ0n) is 10.2. The van der Waals surface area contributed by atoms with Crippen molar-refractivity contribution in [2.75, 3.05) is 24.3 Å². The molecule has 0 unspecified atom stereocenters. The Labute approximate surface area is 99.8 Å². The van der Waals surface area contributed by atoms with Gasteiger partial charge < -0.3 is 15.7 Å². The molecule has 1 rings (SSSR count). The van der Waals surface area contributed by atoms with Gasteiger partial charge in [-0.25, -0.2) is 0 Å². The molecule has 3 N–H and O–H groups in total. The number of benzene rings is 1. The van der Waals surface area contributed by atoms with Crippen LogP contribution in [0.2, 0.25) is 0 Å². The number of anilines is 2. The van der Waals surface area contributed by atoms with Gasteiger partial charge in [-0.1, -0.05) is 6.07 Å². The van der Waals surface area contributed by atoms with Crippen LogP contribution in [0.5, 0.6) is 0 Å². The summed E-state index contributed by atoms with van der Waals surface area (Å²) in [5.41, 5.74) is 0.197. The van der Waals surface area contributed by atoms with Crippen molar-refractivity contribution in [1.29, 1.82) is 0 Å². The van der Waals surface area contributed by atoms with Gasteiger partial charge in [0, 0.05) is 7.05 Å². The van der Waals surface area contributed by atoms with E-state index < -0.39 is 10.5 Å². The van der Waals surface area contributed by atoms with E-state index >= 15 is 0 Å². The Bertz CT molecular complexity index is 418. The van der Waals surface area contributed by atoms with Crippen LogP contribution in [-0.2, 0) is 0 Å². The Hall–Kier alpha value is -1.82. The number of aliphatic hydroxyl groups is 1. The van der Waals surface area contributed by atoms with Gasteiger partial charge in [0.15, 0.2) is 0 Å². The third-order valence-electron chi connectivity index (χ3n) is 2.36. The van der Waals surface area contributed by atoms with Crippen molar-refractivity contribution < 1.29 is 10.0 Å². The van der Waals surface area contributed by atoms with Crippen LogP contribution in [-0.4, -0.2) is 29.2 Å². The number of nitrogens with one attached hydrogen (secondary N) is 2. The lowest BCUT2D eigenvalue weighted by Gasteiger charge is -2.25. The Balaban J connectivity index is 3.19. The van der Waals surface area contributed by atoms with E-state index in [2.05, 4.69) is 10.6 Å². The molecule has 6 nitrogen and oxygen atoms in total. The average molecular weight is 239 g/mol. The van der Waals surface area contributed by atoms with E-state index in [1.807, 2.05) is 0 Å². The lowest BCUT2D eigenvalue weighted by Crippen LogP contribution is -2.35. The molecule has 94 valence electrons. The Morgan fingerprint density at radius 2 is 2.00 bits per heavy atom. The number of aliphatic hydroxyl groups excluding tert-OH is 1. The van der Waals surface area contributed by atoms with Gasteiger partial charge in [0.2, 0.25) is 0 Å². The van der Waals surface area contributed by atoms with Crippen molar-refractivity contribution in [2.45, 2.75) is 19.4 Å². The summed E-state index contributed by atoms with van der Waals surface area (Å²) in [5.74, 6) is 0. The van der Waals surface area contributed by atoms with Gasteiger partial charge in [0.05, 0.1) is 17.1 Å². The van der Waals surface area contributed by atoms with Gasteiger partial charge in [-0.15, -0.1) is 0 Å². The van der Waals surface area contributed by atoms with Crippen LogP contribution in [0.4, 0.5) is 17.1 Å². The summed E-state index contributed by atoms with van der Waals surface area (Å²) in [4.78, 5) is 10.6. The minimum Gasteiger partial charge on any atom is -0.394 e. The van der Waals surface area contributed by atoms with E-state index in [0.29, 0.717) is 11.4 Å². The Morgan fingerprint density at radius 1 is 1.41 bits per heavy atom. The fraction of sp³-hybridized carbons (Fsp3) is 0.455. The Kier molecular flexibility index (Phi) is 3.90. The maximum absolute atomic E-state index is 11.0. The van der Waals surface area contributed by atoms with Gasteiger partial charge in [-0.2, -0.15) is 0 Å². The first kappa shape index (κ1) is 13.2. The molecule has 1 aromatic rings. The molecule has 0 aliphatic rings. The van der Waals surface area contributed by atoms with Crippen molar-refractivity contribution in [3.8, 4) is 0 Å². The lowest BCUT2D eigenvalue weighted by molar-refractivity contribution is -0.383. The lowest BCUT2D eigenvalue weighted by atomic mass is 10.1. The molecule has 6 heteroatoms. The van der Waals surface area contributed by atoms with Gasteiger partial charge >= 0.3 is 5.69 Å². The van der Waals surface area contributed by atoms with Crippen LogP contribution in [0.15, 0.2) is 18.2 Å². The molecule has 0 heterocycles. The molecular weight excluding hydrogens is 222 g/mol. The molecule has 17 heavy (non-hydrogen) atoms. The zero-order valence-corrected chi connectivity index (χ0v) is 10.2. The summed E-state index contributed by atoms with van der Waals surface area (Å²) in [5, 5.41) is 25.9. The summed E-state index contributed by atoms with van der Waals surface area (Å²) < 4.78 is 0. The third-order valence-corrected chi connectivity index (χ3v) is 2.36. The van der Waals surface area contributed by atoms with Crippen LogP contribution in [0.25, 0.3) is 0 Å². The van der Waals surface area contributed by atoms with E-state index in [4.69, 9.17) is 5.11 Å². The van der Waals surface area contributed by atoms with Crippen LogP contribution in [0, 0.1) is 10.1 Å². The topological polar surface area (TPSA) is 87.4 Å². The number of hydrogen-bond donors (Lipinski definition) is 3. The largest absolute Gasteiger partial charge is 0.394 e. The molecule has 0 saturated heterocycles. The highest BCUT2D eigenvalue weighted by Gasteiger charge is 2.24. The molecule has 0 aromatic heterocycles. The first-order valence-corrected chi connectivity index (χ1v) is 5.25. The molecule has 0 aliphatic heterocycles. The molecule has 0 saturated carbocycles. The molecule has 1 aromatic carbocycles. The molecule has 0 fully saturated rings. The van der Waals surface area contributed by atoms with Gasteiger partial charge in [0.1, 0.15) is 11.4 Å². The molecule has 0 bridgehead atoms. The number of nitrogens with zero attached hydrogens (tertiary/aromatic N) is 1. The van der Waals surface area contributed by atoms with Crippen molar-refractivity contribution in [1.82, 2.24) is 0 Å². The minimum atomic E-state index is -0.614. The summed E-state index contributed by atoms with van der Waals surface area (Å²) >= 11 is 0. The Morgan fingerprint density at radius 3 is 2.47 bits per heavy atom. The highest BCUT2D eigenvalue weighted by molar-refractivity contribution is 5.76. The van der Waals surface area contributed by atoms with Crippen molar-refractivity contribution in [2.24, 2.45) is 0 Å². The van der Waals surface area contributed by atoms with Crippen LogP contribution >= 0.6 is 0 Å². The van der Waals surface area contributed by atoms with E-state index in [1.54, 1.807) is 39.1 Å². The smallest absolute Gasteiger partial charge is 0.315 e. The standard InChI is InChI=1S/C11H17N3O3/c1-11(2,7-15)13-9-6-4-5-8(12-3)10(9)14(16)17/h4-6,12-13,15H,7H2,1-3H3. The summed E-state index contributed by atoms with van der Waals surface area (Å²) in [6.07, 6.45) is 0. The fourth-order valence-corrected chi connectivity index (χ4v) is 1.45. The highest BCUT2D eigenvalue weighted by Crippen LogP contribution is 2.33. The number of nitro groups is 1. The fourth-order valence-electron chi connectivity index (χ4n) is 1.45. The number of hydrogen-bond acceptors (Lipinski definition) is 5. The van der Waals surface area contributed by atoms with Gasteiger partial charge in [-0.05, 0) is 26.0 Å². The van der Waals surface area contributed by atoms with Gasteiger partial charge in [0.25, 0.3) is 0 Å². The van der Waals surface area contributed by atoms with Crippen LogP contribution < -0.4 is 10.6 Å². The summed E-state index contributed by atoms with van der Waals surface area (Å²) in [6, 6.07) is 4.97. The third kappa shape index (κ3) is 3.07. The predicted molar refractivity (Wildman–Crippen MR) is 67.4 cm³/mol. The normalized spacial score (nSPS) is 11.1. The average Bonchev–Trinajstić information content (AvgIpc) is 2.27.